The van der Waals surface area contributed by atoms with Crippen LogP contribution in [0.3, 0.4) is 0 Å². The van der Waals surface area contributed by atoms with Gasteiger partial charge in [-0.05, 0) is 76.9 Å². The topological polar surface area (TPSA) is 6.48 Å². The Bertz CT molecular complexity index is 2180. The van der Waals surface area contributed by atoms with Gasteiger partial charge in [-0.15, -0.1) is 11.3 Å². The third kappa shape index (κ3) is 4.32. The van der Waals surface area contributed by atoms with Crippen LogP contribution in [0.1, 0.15) is 0 Å². The predicted octanol–water partition coefficient (Wildman–Crippen LogP) is 12.6. The van der Waals surface area contributed by atoms with Gasteiger partial charge in [-0.1, -0.05) is 115 Å². The minimum Gasteiger partial charge on any atom is -0.309 e. The number of hydrogen-bond acceptors (Lipinski definition) is 3. The second kappa shape index (κ2) is 10.5. The first kappa shape index (κ1) is 25.8. The zero-order valence-corrected chi connectivity index (χ0v) is 25.3. The number of benzene rings is 7. The van der Waals surface area contributed by atoms with E-state index < -0.39 is 0 Å². The first-order valence-corrected chi connectivity index (χ1v) is 16.1. The monoisotopic (exact) mass is 592 g/mol. The lowest BCUT2D eigenvalue weighted by Crippen LogP contribution is -2.13. The molecular weight excluding hydrogens is 565 g/mol. The van der Waals surface area contributed by atoms with Crippen LogP contribution in [0.15, 0.2) is 170 Å². The SMILES string of the molecule is c1ccc(-c2cccc(N3c4cccc(c4)N(c4cccc(-c5ccccc5)c4)c4cccc5c4sc4c3cccc45)c2)cc1. The van der Waals surface area contributed by atoms with E-state index in [1.54, 1.807) is 0 Å². The molecule has 0 aliphatic carbocycles. The van der Waals surface area contributed by atoms with Crippen LogP contribution < -0.4 is 9.80 Å². The normalized spacial score (nSPS) is 12.4. The van der Waals surface area contributed by atoms with E-state index in [2.05, 4.69) is 180 Å². The van der Waals surface area contributed by atoms with Gasteiger partial charge in [0.05, 0.1) is 20.8 Å². The lowest BCUT2D eigenvalue weighted by molar-refractivity contribution is 1.26. The van der Waals surface area contributed by atoms with Crippen LogP contribution in [0, 0.1) is 0 Å². The van der Waals surface area contributed by atoms with Gasteiger partial charge in [-0.3, -0.25) is 0 Å². The molecule has 1 aliphatic heterocycles. The Morgan fingerprint density at radius 1 is 0.311 bits per heavy atom. The Kier molecular flexibility index (Phi) is 6.03. The minimum atomic E-state index is 1.12. The minimum absolute atomic E-state index is 1.12. The summed E-state index contributed by atoms with van der Waals surface area (Å²) in [5, 5.41) is 2.57. The largest absolute Gasteiger partial charge is 0.309 e. The van der Waals surface area contributed by atoms with Gasteiger partial charge in [-0.25, -0.2) is 0 Å². The summed E-state index contributed by atoms with van der Waals surface area (Å²) in [5.41, 5.74) is 11.7. The summed E-state index contributed by atoms with van der Waals surface area (Å²) in [6, 6.07) is 61.5. The van der Waals surface area contributed by atoms with Crippen molar-refractivity contribution in [3.05, 3.63) is 170 Å². The molecule has 1 aromatic heterocycles. The predicted molar refractivity (Wildman–Crippen MR) is 193 cm³/mol. The fourth-order valence-electron chi connectivity index (χ4n) is 6.68. The quantitative estimate of drug-likeness (QED) is 0.201. The van der Waals surface area contributed by atoms with Gasteiger partial charge in [0.25, 0.3) is 0 Å². The van der Waals surface area contributed by atoms with Crippen molar-refractivity contribution < 1.29 is 0 Å². The molecule has 0 unspecified atom stereocenters. The molecule has 0 radical (unpaired) electrons. The lowest BCUT2D eigenvalue weighted by atomic mass is 10.0. The molecule has 7 aromatic carbocycles. The van der Waals surface area contributed by atoms with E-state index in [9.17, 15) is 0 Å². The average molecular weight is 593 g/mol. The van der Waals surface area contributed by atoms with Crippen LogP contribution in [-0.4, -0.2) is 0 Å². The Labute approximate surface area is 266 Å². The molecule has 0 amide bonds. The Morgan fingerprint density at radius 3 is 1.16 bits per heavy atom. The standard InChI is InChI=1S/C42H28N2S/c1-3-12-29(13-4-1)31-16-7-18-33(26-31)43-35-20-9-21-36(28-35)44(34-19-8-17-32(27-34)30-14-5-2-6-15-30)40-25-11-23-38-37-22-10-24-39(43)41(37)45-42(38)40/h1-28H. The molecular formula is C42H28N2S. The summed E-state index contributed by atoms with van der Waals surface area (Å²) in [6.45, 7) is 0. The Balaban J connectivity index is 1.32. The first-order chi connectivity index (χ1) is 22.3. The molecule has 0 atom stereocenters. The second-order valence-electron chi connectivity index (χ2n) is 11.4. The molecule has 0 saturated carbocycles. The molecule has 4 bridgehead atoms. The van der Waals surface area contributed by atoms with Crippen molar-refractivity contribution in [1.82, 2.24) is 0 Å². The first-order valence-electron chi connectivity index (χ1n) is 15.3. The van der Waals surface area contributed by atoms with Crippen LogP contribution in [0.4, 0.5) is 34.1 Å². The maximum atomic E-state index is 2.43. The number of thiophene rings is 1. The van der Waals surface area contributed by atoms with Crippen LogP contribution >= 0.6 is 11.3 Å². The van der Waals surface area contributed by atoms with Crippen LogP contribution in [0.2, 0.25) is 0 Å². The summed E-state index contributed by atoms with van der Waals surface area (Å²) >= 11 is 1.89. The van der Waals surface area contributed by atoms with Crippen molar-refractivity contribution in [2.75, 3.05) is 9.80 Å². The van der Waals surface area contributed by atoms with E-state index in [1.165, 1.54) is 53.8 Å². The molecule has 8 aromatic rings. The van der Waals surface area contributed by atoms with Gasteiger partial charge in [0.2, 0.25) is 0 Å². The van der Waals surface area contributed by atoms with E-state index >= 15 is 0 Å². The second-order valence-corrected chi connectivity index (χ2v) is 12.5. The molecule has 3 heteroatoms. The average Bonchev–Trinajstić information content (AvgIpc) is 3.50. The molecule has 1 aliphatic rings. The molecule has 0 fully saturated rings. The number of anilines is 6. The van der Waals surface area contributed by atoms with E-state index in [0.717, 1.165) is 22.7 Å². The van der Waals surface area contributed by atoms with Crippen molar-refractivity contribution in [2.24, 2.45) is 0 Å². The maximum absolute atomic E-state index is 2.43. The lowest BCUT2D eigenvalue weighted by Gasteiger charge is -2.30. The van der Waals surface area contributed by atoms with E-state index in [4.69, 9.17) is 0 Å². The maximum Gasteiger partial charge on any atom is 0.0640 e. The van der Waals surface area contributed by atoms with Crippen LogP contribution in [0.25, 0.3) is 42.4 Å². The third-order valence-corrected chi connectivity index (χ3v) is 10.0. The molecule has 2 heterocycles. The number of hydrogen-bond donors (Lipinski definition) is 0. The highest BCUT2D eigenvalue weighted by Gasteiger charge is 2.24. The number of fused-ring (bicyclic) bond motifs is 3. The zero-order valence-electron chi connectivity index (χ0n) is 24.5. The van der Waals surface area contributed by atoms with Crippen molar-refractivity contribution in [3.8, 4) is 22.3 Å². The molecule has 2 nitrogen and oxygen atoms in total. The molecule has 45 heavy (non-hydrogen) atoms. The smallest absolute Gasteiger partial charge is 0.0640 e. The molecule has 0 saturated heterocycles. The molecule has 9 rings (SSSR count). The summed E-state index contributed by atoms with van der Waals surface area (Å²) in [6.07, 6.45) is 0. The van der Waals surface area contributed by atoms with Gasteiger partial charge < -0.3 is 9.80 Å². The highest BCUT2D eigenvalue weighted by molar-refractivity contribution is 7.27. The fraction of sp³-hybridized carbons (Fsp3) is 0. The van der Waals surface area contributed by atoms with Crippen molar-refractivity contribution in [2.45, 2.75) is 0 Å². The van der Waals surface area contributed by atoms with Crippen molar-refractivity contribution in [3.63, 3.8) is 0 Å². The zero-order chi connectivity index (χ0) is 29.7. The molecule has 212 valence electrons. The Morgan fingerprint density at radius 2 is 0.689 bits per heavy atom. The number of nitrogens with zero attached hydrogens (tertiary/aromatic N) is 2. The molecule has 0 N–H and O–H groups in total. The van der Waals surface area contributed by atoms with Gasteiger partial charge in [0.1, 0.15) is 0 Å². The Hall–Kier alpha value is -5.64. The summed E-state index contributed by atoms with van der Waals surface area (Å²) in [7, 11) is 0. The van der Waals surface area contributed by atoms with Crippen molar-refractivity contribution in [1.29, 1.82) is 0 Å². The van der Waals surface area contributed by atoms with Gasteiger partial charge in [0, 0.05) is 33.5 Å². The van der Waals surface area contributed by atoms with Gasteiger partial charge in [0.15, 0.2) is 0 Å². The van der Waals surface area contributed by atoms with Crippen LogP contribution in [0.5, 0.6) is 0 Å². The summed E-state index contributed by atoms with van der Waals surface area (Å²) < 4.78 is 2.57. The summed E-state index contributed by atoms with van der Waals surface area (Å²) in [4.78, 5) is 4.86. The van der Waals surface area contributed by atoms with Gasteiger partial charge in [-0.2, -0.15) is 0 Å². The third-order valence-electron chi connectivity index (χ3n) is 8.73. The van der Waals surface area contributed by atoms with Crippen molar-refractivity contribution >= 4 is 65.6 Å². The highest BCUT2D eigenvalue weighted by Crippen LogP contribution is 2.51. The fourth-order valence-corrected chi connectivity index (χ4v) is 7.99. The highest BCUT2D eigenvalue weighted by atomic mass is 32.1. The van der Waals surface area contributed by atoms with E-state index in [1.807, 2.05) is 11.3 Å². The van der Waals surface area contributed by atoms with E-state index in [0.29, 0.717) is 0 Å². The molecule has 0 spiro atoms. The van der Waals surface area contributed by atoms with Gasteiger partial charge >= 0.3 is 0 Å². The number of rotatable bonds is 4. The van der Waals surface area contributed by atoms with E-state index in [-0.39, 0.29) is 0 Å². The summed E-state index contributed by atoms with van der Waals surface area (Å²) in [5.74, 6) is 0. The van der Waals surface area contributed by atoms with Crippen LogP contribution in [-0.2, 0) is 0 Å².